The fraction of sp³-hybridized carbons (Fsp3) is 0.300. The van der Waals surface area contributed by atoms with Crippen LogP contribution in [0.1, 0.15) is 12.5 Å². The van der Waals surface area contributed by atoms with E-state index in [1.807, 2.05) is 31.2 Å². The average Bonchev–Trinajstić information content (AvgIpc) is 2.09. The third-order valence-corrected chi connectivity index (χ3v) is 2.23. The Balaban J connectivity index is 2.64. The minimum absolute atomic E-state index is 0.117. The molecular formula is C10H11BrO. The van der Waals surface area contributed by atoms with Crippen molar-refractivity contribution in [2.45, 2.75) is 13.3 Å². The lowest BCUT2D eigenvalue weighted by Crippen LogP contribution is -1.99. The highest BCUT2D eigenvalue weighted by atomic mass is 79.9. The Hall–Kier alpha value is -0.630. The topological polar surface area (TPSA) is 17.1 Å². The number of carbonyl (C=O) groups is 1. The van der Waals surface area contributed by atoms with E-state index in [9.17, 15) is 4.79 Å². The van der Waals surface area contributed by atoms with Crippen LogP contribution < -0.4 is 0 Å². The van der Waals surface area contributed by atoms with Crippen LogP contribution in [0.25, 0.3) is 0 Å². The zero-order valence-electron chi connectivity index (χ0n) is 6.96. The molecule has 1 rings (SSSR count). The molecule has 12 heavy (non-hydrogen) atoms. The third-order valence-electron chi connectivity index (χ3n) is 1.70. The van der Waals surface area contributed by atoms with Gasteiger partial charge in [0.2, 0.25) is 0 Å². The molecule has 0 radical (unpaired) electrons. The zero-order chi connectivity index (χ0) is 8.97. The average molecular weight is 227 g/mol. The summed E-state index contributed by atoms with van der Waals surface area (Å²) in [5, 5.41) is 0. The first-order chi connectivity index (χ1) is 5.72. The Kier molecular flexibility index (Phi) is 3.48. The van der Waals surface area contributed by atoms with E-state index in [0.717, 1.165) is 17.2 Å². The molecule has 1 aromatic rings. The Morgan fingerprint density at radius 2 is 2.00 bits per heavy atom. The molecular weight excluding hydrogens is 216 g/mol. The second kappa shape index (κ2) is 4.41. The molecule has 0 N–H and O–H groups in total. The van der Waals surface area contributed by atoms with Crippen molar-refractivity contribution in [1.29, 1.82) is 0 Å². The molecule has 0 fully saturated rings. The highest BCUT2D eigenvalue weighted by Gasteiger charge is 2.00. The summed E-state index contributed by atoms with van der Waals surface area (Å²) in [6.45, 7) is 1.93. The van der Waals surface area contributed by atoms with Gasteiger partial charge in [0.1, 0.15) is 6.29 Å². The van der Waals surface area contributed by atoms with E-state index in [4.69, 9.17) is 0 Å². The van der Waals surface area contributed by atoms with Crippen molar-refractivity contribution in [3.05, 3.63) is 34.3 Å². The number of carbonyl (C=O) groups excluding carboxylic acids is 1. The minimum atomic E-state index is 0.117. The summed E-state index contributed by atoms with van der Waals surface area (Å²) in [5.74, 6) is 0.117. The highest BCUT2D eigenvalue weighted by molar-refractivity contribution is 9.10. The van der Waals surface area contributed by atoms with E-state index in [2.05, 4.69) is 15.9 Å². The molecule has 0 aliphatic carbocycles. The van der Waals surface area contributed by atoms with Gasteiger partial charge >= 0.3 is 0 Å². The highest BCUT2D eigenvalue weighted by Crippen LogP contribution is 2.12. The Labute approximate surface area is 80.9 Å². The lowest BCUT2D eigenvalue weighted by atomic mass is 10.0. The number of halogens is 1. The molecule has 1 unspecified atom stereocenters. The van der Waals surface area contributed by atoms with Crippen molar-refractivity contribution in [3.8, 4) is 0 Å². The maximum absolute atomic E-state index is 10.4. The summed E-state index contributed by atoms with van der Waals surface area (Å²) in [6, 6.07) is 8.05. The first-order valence-electron chi connectivity index (χ1n) is 3.92. The van der Waals surface area contributed by atoms with Gasteiger partial charge < -0.3 is 4.79 Å². The monoisotopic (exact) mass is 226 g/mol. The lowest BCUT2D eigenvalue weighted by Gasteiger charge is -2.02. The molecule has 0 saturated carbocycles. The van der Waals surface area contributed by atoms with E-state index in [1.165, 1.54) is 5.56 Å². The fourth-order valence-corrected chi connectivity index (χ4v) is 1.30. The number of aldehydes is 1. The normalized spacial score (nSPS) is 12.5. The molecule has 0 saturated heterocycles. The van der Waals surface area contributed by atoms with Crippen LogP contribution in [0.4, 0.5) is 0 Å². The largest absolute Gasteiger partial charge is 0.303 e. The molecule has 0 amide bonds. The van der Waals surface area contributed by atoms with Crippen LogP contribution in [0, 0.1) is 5.92 Å². The quantitative estimate of drug-likeness (QED) is 0.725. The van der Waals surface area contributed by atoms with Crippen molar-refractivity contribution < 1.29 is 4.79 Å². The molecule has 0 aliphatic rings. The van der Waals surface area contributed by atoms with Gasteiger partial charge in [0, 0.05) is 10.4 Å². The van der Waals surface area contributed by atoms with Crippen LogP contribution in [0.2, 0.25) is 0 Å². The molecule has 0 aromatic heterocycles. The molecule has 1 nitrogen and oxygen atoms in total. The molecule has 0 spiro atoms. The van der Waals surface area contributed by atoms with Gasteiger partial charge in [0.15, 0.2) is 0 Å². The smallest absolute Gasteiger partial charge is 0.123 e. The predicted octanol–water partition coefficient (Wildman–Crippen LogP) is 2.83. The van der Waals surface area contributed by atoms with Crippen LogP contribution in [0.15, 0.2) is 28.7 Å². The predicted molar refractivity (Wildman–Crippen MR) is 53.1 cm³/mol. The van der Waals surface area contributed by atoms with Crippen molar-refractivity contribution >= 4 is 22.2 Å². The second-order valence-corrected chi connectivity index (χ2v) is 3.86. The van der Waals surface area contributed by atoms with Gasteiger partial charge in [-0.15, -0.1) is 0 Å². The van der Waals surface area contributed by atoms with Crippen molar-refractivity contribution in [2.24, 2.45) is 5.92 Å². The molecule has 0 heterocycles. The molecule has 2 heteroatoms. The molecule has 0 bridgehead atoms. The van der Waals surface area contributed by atoms with Gasteiger partial charge in [-0.25, -0.2) is 0 Å². The maximum atomic E-state index is 10.4. The first-order valence-corrected chi connectivity index (χ1v) is 4.71. The summed E-state index contributed by atoms with van der Waals surface area (Å²) < 4.78 is 1.07. The van der Waals surface area contributed by atoms with E-state index < -0.39 is 0 Å². The summed E-state index contributed by atoms with van der Waals surface area (Å²) >= 11 is 3.36. The summed E-state index contributed by atoms with van der Waals surface area (Å²) in [6.07, 6.45) is 1.82. The summed E-state index contributed by atoms with van der Waals surface area (Å²) in [7, 11) is 0. The Bertz CT molecular complexity index is 253. The molecule has 1 atom stereocenters. The summed E-state index contributed by atoms with van der Waals surface area (Å²) in [5.41, 5.74) is 1.21. The lowest BCUT2D eigenvalue weighted by molar-refractivity contribution is -0.110. The van der Waals surface area contributed by atoms with Gasteiger partial charge in [-0.05, 0) is 24.1 Å². The summed E-state index contributed by atoms with van der Waals surface area (Å²) in [4.78, 5) is 10.4. The van der Waals surface area contributed by atoms with Gasteiger partial charge in [-0.1, -0.05) is 35.0 Å². The Morgan fingerprint density at radius 1 is 1.42 bits per heavy atom. The van der Waals surface area contributed by atoms with Gasteiger partial charge in [0.25, 0.3) is 0 Å². The molecule has 64 valence electrons. The van der Waals surface area contributed by atoms with Crippen LogP contribution in [-0.4, -0.2) is 6.29 Å². The van der Waals surface area contributed by atoms with Crippen molar-refractivity contribution in [1.82, 2.24) is 0 Å². The Morgan fingerprint density at radius 3 is 2.50 bits per heavy atom. The SMILES string of the molecule is CC(C=O)Cc1ccc(Br)cc1. The zero-order valence-corrected chi connectivity index (χ0v) is 8.54. The molecule has 0 aliphatic heterocycles. The fourth-order valence-electron chi connectivity index (χ4n) is 1.04. The first kappa shape index (κ1) is 9.46. The second-order valence-electron chi connectivity index (χ2n) is 2.94. The van der Waals surface area contributed by atoms with E-state index in [-0.39, 0.29) is 5.92 Å². The van der Waals surface area contributed by atoms with E-state index in [1.54, 1.807) is 0 Å². The van der Waals surface area contributed by atoms with E-state index >= 15 is 0 Å². The minimum Gasteiger partial charge on any atom is -0.303 e. The maximum Gasteiger partial charge on any atom is 0.123 e. The standard InChI is InChI=1S/C10H11BrO/c1-8(7-12)6-9-2-4-10(11)5-3-9/h2-5,7-8H,6H2,1H3. The van der Waals surface area contributed by atoms with Crippen LogP contribution in [0.3, 0.4) is 0 Å². The van der Waals surface area contributed by atoms with Crippen LogP contribution in [-0.2, 0) is 11.2 Å². The van der Waals surface area contributed by atoms with E-state index in [0.29, 0.717) is 0 Å². The van der Waals surface area contributed by atoms with Crippen molar-refractivity contribution in [2.75, 3.05) is 0 Å². The van der Waals surface area contributed by atoms with Crippen LogP contribution >= 0.6 is 15.9 Å². The molecule has 1 aromatic carbocycles. The number of rotatable bonds is 3. The van der Waals surface area contributed by atoms with Crippen molar-refractivity contribution in [3.63, 3.8) is 0 Å². The third kappa shape index (κ3) is 2.78. The number of hydrogen-bond donors (Lipinski definition) is 0. The number of hydrogen-bond acceptors (Lipinski definition) is 1. The number of benzene rings is 1. The van der Waals surface area contributed by atoms with Gasteiger partial charge in [-0.3, -0.25) is 0 Å². The van der Waals surface area contributed by atoms with Gasteiger partial charge in [-0.2, -0.15) is 0 Å². The van der Waals surface area contributed by atoms with Gasteiger partial charge in [0.05, 0.1) is 0 Å². The van der Waals surface area contributed by atoms with Crippen LogP contribution in [0.5, 0.6) is 0 Å².